The van der Waals surface area contributed by atoms with Gasteiger partial charge in [-0.1, -0.05) is 6.08 Å². The highest BCUT2D eigenvalue weighted by Gasteiger charge is 2.27. The molecule has 0 unspecified atom stereocenters. The number of aliphatic hydroxyl groups excluding tert-OH is 4. The average molecular weight is 332 g/mol. The van der Waals surface area contributed by atoms with Crippen molar-refractivity contribution in [3.05, 3.63) is 22.1 Å². The smallest absolute Gasteiger partial charge is 0.112 e. The van der Waals surface area contributed by atoms with E-state index in [2.05, 4.69) is 38.4 Å². The summed E-state index contributed by atoms with van der Waals surface area (Å²) in [7, 11) is 0. The summed E-state index contributed by atoms with van der Waals surface area (Å²) in [6.45, 7) is 3.25. The minimum absolute atomic E-state index is 0.442. The van der Waals surface area contributed by atoms with E-state index in [0.717, 1.165) is 6.08 Å². The Balaban J connectivity index is 4.37. The first-order valence-electron chi connectivity index (χ1n) is 3.77. The summed E-state index contributed by atoms with van der Waals surface area (Å²) in [5, 5.41) is 37.0. The fraction of sp³-hybridized carbons (Fsp3) is 0.500. The van der Waals surface area contributed by atoms with Gasteiger partial charge in [-0.05, 0) is 37.9 Å². The third kappa shape index (κ3) is 4.68. The van der Waals surface area contributed by atoms with Gasteiger partial charge in [0.15, 0.2) is 0 Å². The molecule has 0 aliphatic heterocycles. The van der Waals surface area contributed by atoms with Gasteiger partial charge in [0.1, 0.15) is 24.4 Å². The van der Waals surface area contributed by atoms with Crippen molar-refractivity contribution < 1.29 is 20.4 Å². The highest BCUT2D eigenvalue weighted by molar-refractivity contribution is 9.28. The van der Waals surface area contributed by atoms with Gasteiger partial charge in [0.25, 0.3) is 0 Å². The molecule has 0 aliphatic rings. The van der Waals surface area contributed by atoms with Crippen LogP contribution in [0, 0.1) is 0 Å². The predicted molar refractivity (Wildman–Crippen MR) is 60.2 cm³/mol. The van der Waals surface area contributed by atoms with Crippen LogP contribution in [0.1, 0.15) is 0 Å². The molecule has 0 aliphatic carbocycles. The highest BCUT2D eigenvalue weighted by atomic mass is 79.9. The quantitative estimate of drug-likeness (QED) is 0.544. The van der Waals surface area contributed by atoms with Crippen molar-refractivity contribution in [1.82, 2.24) is 0 Å². The molecule has 6 heteroatoms. The Morgan fingerprint density at radius 2 is 1.43 bits per heavy atom. The van der Waals surface area contributed by atoms with Crippen molar-refractivity contribution in [2.75, 3.05) is 0 Å². The van der Waals surface area contributed by atoms with Crippen molar-refractivity contribution in [2.24, 2.45) is 0 Å². The van der Waals surface area contributed by atoms with Gasteiger partial charge in [-0.2, -0.15) is 0 Å². The van der Waals surface area contributed by atoms with Crippen LogP contribution in [0.4, 0.5) is 0 Å². The van der Waals surface area contributed by atoms with Gasteiger partial charge < -0.3 is 20.4 Å². The van der Waals surface area contributed by atoms with Crippen molar-refractivity contribution in [3.8, 4) is 0 Å². The zero-order valence-electron chi connectivity index (χ0n) is 7.22. The second-order valence-corrected chi connectivity index (χ2v) is 5.43. The molecule has 0 saturated heterocycles. The lowest BCUT2D eigenvalue weighted by Crippen LogP contribution is -2.42. The summed E-state index contributed by atoms with van der Waals surface area (Å²) in [5.41, 5.74) is 0. The first kappa shape index (κ1) is 14.3. The summed E-state index contributed by atoms with van der Waals surface area (Å²) < 4.78 is 0.442. The van der Waals surface area contributed by atoms with Gasteiger partial charge in [0.05, 0.1) is 3.39 Å². The summed E-state index contributed by atoms with van der Waals surface area (Å²) in [6.07, 6.45) is -3.20. The molecule has 0 aromatic rings. The summed E-state index contributed by atoms with van der Waals surface area (Å²) >= 11 is 5.98. The maximum absolute atomic E-state index is 9.34. The minimum atomic E-state index is -1.48. The van der Waals surface area contributed by atoms with Gasteiger partial charge in [-0.3, -0.25) is 0 Å². The standard InChI is InChI=1S/C8H12Br2O4/c1-2-4(11)7(13)8(14)5(12)3-6(9)10/h2-5,7-8,11-14H,1H2/t4-,5-,7-,8-/m1/s1. The second kappa shape index (κ2) is 6.71. The molecule has 14 heavy (non-hydrogen) atoms. The molecule has 0 radical (unpaired) electrons. The van der Waals surface area contributed by atoms with Gasteiger partial charge in [0, 0.05) is 0 Å². The number of rotatable bonds is 5. The predicted octanol–water partition coefficient (Wildman–Crippen LogP) is 0.247. The Kier molecular flexibility index (Phi) is 6.84. The van der Waals surface area contributed by atoms with Crippen LogP contribution in [0.2, 0.25) is 0 Å². The van der Waals surface area contributed by atoms with Crippen LogP contribution in [-0.4, -0.2) is 44.8 Å². The van der Waals surface area contributed by atoms with E-state index in [0.29, 0.717) is 3.39 Å². The van der Waals surface area contributed by atoms with Crippen molar-refractivity contribution in [1.29, 1.82) is 0 Å². The topological polar surface area (TPSA) is 80.9 Å². The SMILES string of the molecule is C=C[C@@H](O)[C@@H](O)[C@H](O)[C@H](O)C=C(Br)Br. The Labute approximate surface area is 98.8 Å². The molecule has 0 spiro atoms. The average Bonchev–Trinajstić information content (AvgIpc) is 2.13. The van der Waals surface area contributed by atoms with Crippen LogP contribution in [0.5, 0.6) is 0 Å². The molecule has 4 nitrogen and oxygen atoms in total. The van der Waals surface area contributed by atoms with Crippen LogP contribution >= 0.6 is 31.9 Å². The fourth-order valence-corrected chi connectivity index (χ4v) is 1.31. The number of halogens is 2. The van der Waals surface area contributed by atoms with E-state index in [-0.39, 0.29) is 0 Å². The van der Waals surface area contributed by atoms with E-state index in [1.54, 1.807) is 0 Å². The maximum atomic E-state index is 9.34. The van der Waals surface area contributed by atoms with E-state index < -0.39 is 24.4 Å². The van der Waals surface area contributed by atoms with Crippen LogP contribution in [0.25, 0.3) is 0 Å². The zero-order chi connectivity index (χ0) is 11.3. The Morgan fingerprint density at radius 3 is 1.79 bits per heavy atom. The second-order valence-electron chi connectivity index (χ2n) is 2.65. The Hall–Kier alpha value is 0.280. The van der Waals surface area contributed by atoms with E-state index in [9.17, 15) is 15.3 Å². The zero-order valence-corrected chi connectivity index (χ0v) is 10.4. The van der Waals surface area contributed by atoms with E-state index in [1.807, 2.05) is 0 Å². The number of hydrogen-bond donors (Lipinski definition) is 4. The van der Waals surface area contributed by atoms with Crippen LogP contribution < -0.4 is 0 Å². The molecule has 0 saturated carbocycles. The van der Waals surface area contributed by atoms with E-state index >= 15 is 0 Å². The molecular formula is C8H12Br2O4. The largest absolute Gasteiger partial charge is 0.387 e. The monoisotopic (exact) mass is 330 g/mol. The lowest BCUT2D eigenvalue weighted by molar-refractivity contribution is -0.0799. The molecule has 0 heterocycles. The first-order chi connectivity index (χ1) is 6.40. The molecule has 0 rings (SSSR count). The molecular weight excluding hydrogens is 320 g/mol. The van der Waals surface area contributed by atoms with Crippen LogP contribution in [0.15, 0.2) is 22.1 Å². The van der Waals surface area contributed by atoms with Crippen molar-refractivity contribution >= 4 is 31.9 Å². The molecule has 4 atom stereocenters. The van der Waals surface area contributed by atoms with Crippen LogP contribution in [-0.2, 0) is 0 Å². The number of aliphatic hydroxyl groups is 4. The lowest BCUT2D eigenvalue weighted by Gasteiger charge is -2.23. The van der Waals surface area contributed by atoms with Gasteiger partial charge in [-0.25, -0.2) is 0 Å². The molecule has 0 aromatic carbocycles. The minimum Gasteiger partial charge on any atom is -0.387 e. The first-order valence-corrected chi connectivity index (χ1v) is 5.36. The molecule has 0 fully saturated rings. The van der Waals surface area contributed by atoms with Gasteiger partial charge in [0.2, 0.25) is 0 Å². The van der Waals surface area contributed by atoms with Crippen molar-refractivity contribution in [2.45, 2.75) is 24.4 Å². The molecule has 0 aromatic heterocycles. The lowest BCUT2D eigenvalue weighted by atomic mass is 10.0. The normalized spacial score (nSPS) is 19.3. The van der Waals surface area contributed by atoms with Gasteiger partial charge >= 0.3 is 0 Å². The van der Waals surface area contributed by atoms with Crippen molar-refractivity contribution in [3.63, 3.8) is 0 Å². The third-order valence-electron chi connectivity index (χ3n) is 1.59. The molecule has 0 amide bonds. The molecule has 82 valence electrons. The summed E-state index contributed by atoms with van der Waals surface area (Å²) in [5.74, 6) is 0. The Morgan fingerprint density at radius 1 is 1.00 bits per heavy atom. The highest BCUT2D eigenvalue weighted by Crippen LogP contribution is 2.16. The Bertz CT molecular complexity index is 215. The summed E-state index contributed by atoms with van der Waals surface area (Å²) in [4.78, 5) is 0. The van der Waals surface area contributed by atoms with E-state index in [4.69, 9.17) is 5.11 Å². The molecule has 4 N–H and O–H groups in total. The maximum Gasteiger partial charge on any atom is 0.112 e. The molecule has 0 bridgehead atoms. The number of hydrogen-bond acceptors (Lipinski definition) is 4. The van der Waals surface area contributed by atoms with Gasteiger partial charge in [-0.15, -0.1) is 6.58 Å². The summed E-state index contributed by atoms with van der Waals surface area (Å²) in [6, 6.07) is 0. The van der Waals surface area contributed by atoms with Crippen LogP contribution in [0.3, 0.4) is 0 Å². The van der Waals surface area contributed by atoms with E-state index in [1.165, 1.54) is 6.08 Å². The third-order valence-corrected chi connectivity index (χ3v) is 2.12. The fourth-order valence-electron chi connectivity index (χ4n) is 0.771.